The molecule has 0 amide bonds. The molecular weight excluding hydrogens is 190 g/mol. The first kappa shape index (κ1) is 10.9. The second-order valence-corrected chi connectivity index (χ2v) is 6.08. The Morgan fingerprint density at radius 1 is 1.47 bits per heavy atom. The zero-order valence-corrected chi connectivity index (χ0v) is 9.79. The summed E-state index contributed by atoms with van der Waals surface area (Å²) >= 11 is 0. The van der Waals surface area contributed by atoms with Gasteiger partial charge in [-0.05, 0) is 41.9 Å². The van der Waals surface area contributed by atoms with Crippen LogP contribution in [-0.4, -0.2) is 17.1 Å². The summed E-state index contributed by atoms with van der Waals surface area (Å²) in [5.74, 6) is -0.0220. The average Bonchev–Trinajstić information content (AvgIpc) is 2.47. The molecule has 3 nitrogen and oxygen atoms in total. The Kier molecular flexibility index (Phi) is 2.16. The van der Waals surface area contributed by atoms with Crippen molar-refractivity contribution >= 4 is 5.97 Å². The Morgan fingerprint density at radius 3 is 2.40 bits per heavy atom. The van der Waals surface area contributed by atoms with Crippen LogP contribution in [0.4, 0.5) is 0 Å². The molecule has 0 heterocycles. The Hall–Kier alpha value is -0.570. The van der Waals surface area contributed by atoms with Gasteiger partial charge in [0, 0.05) is 0 Å². The molecule has 2 fully saturated rings. The van der Waals surface area contributed by atoms with Gasteiger partial charge in [0.05, 0.1) is 0 Å². The summed E-state index contributed by atoms with van der Waals surface area (Å²) in [5, 5.41) is 9.03. The molecule has 2 saturated carbocycles. The molecule has 86 valence electrons. The van der Waals surface area contributed by atoms with E-state index in [1.165, 1.54) is 6.42 Å². The van der Waals surface area contributed by atoms with Crippen molar-refractivity contribution in [2.75, 3.05) is 0 Å². The molecule has 2 aliphatic rings. The highest BCUT2D eigenvalue weighted by atomic mass is 16.4. The van der Waals surface area contributed by atoms with Crippen molar-refractivity contribution < 1.29 is 9.90 Å². The van der Waals surface area contributed by atoms with Crippen LogP contribution < -0.4 is 5.73 Å². The highest BCUT2D eigenvalue weighted by Crippen LogP contribution is 2.68. The number of hydrogen-bond acceptors (Lipinski definition) is 2. The molecular formula is C12H21NO2. The van der Waals surface area contributed by atoms with E-state index in [1.807, 2.05) is 0 Å². The number of carbonyl (C=O) groups is 1. The first-order chi connectivity index (χ1) is 6.80. The number of nitrogens with two attached hydrogens (primary N) is 1. The van der Waals surface area contributed by atoms with Crippen molar-refractivity contribution in [1.29, 1.82) is 0 Å². The van der Waals surface area contributed by atoms with Gasteiger partial charge in [0.25, 0.3) is 0 Å². The lowest BCUT2D eigenvalue weighted by Crippen LogP contribution is -2.46. The summed E-state index contributed by atoms with van der Waals surface area (Å²) < 4.78 is 0. The van der Waals surface area contributed by atoms with Gasteiger partial charge in [-0.1, -0.05) is 20.8 Å². The second-order valence-electron chi connectivity index (χ2n) is 6.08. The van der Waals surface area contributed by atoms with Crippen LogP contribution in [0.1, 0.15) is 40.0 Å². The molecule has 0 aromatic carbocycles. The molecule has 4 atom stereocenters. The summed E-state index contributed by atoms with van der Waals surface area (Å²) in [6, 6.07) is -0.681. The minimum atomic E-state index is -0.843. The van der Waals surface area contributed by atoms with E-state index in [9.17, 15) is 4.79 Å². The van der Waals surface area contributed by atoms with Crippen molar-refractivity contribution in [2.24, 2.45) is 28.4 Å². The fourth-order valence-electron chi connectivity index (χ4n) is 3.98. The summed E-state index contributed by atoms with van der Waals surface area (Å²) in [7, 11) is 0. The lowest BCUT2D eigenvalue weighted by atomic mass is 9.65. The summed E-state index contributed by atoms with van der Waals surface area (Å²) in [4.78, 5) is 11.0. The minimum Gasteiger partial charge on any atom is -0.480 e. The fraction of sp³-hybridized carbons (Fsp3) is 0.917. The molecule has 0 aromatic rings. The van der Waals surface area contributed by atoms with Crippen LogP contribution in [-0.2, 0) is 4.79 Å². The third-order valence-electron chi connectivity index (χ3n) is 5.58. The smallest absolute Gasteiger partial charge is 0.320 e. The highest BCUT2D eigenvalue weighted by molar-refractivity contribution is 5.73. The monoisotopic (exact) mass is 211 g/mol. The normalized spacial score (nSPS) is 44.3. The largest absolute Gasteiger partial charge is 0.480 e. The van der Waals surface area contributed by atoms with Gasteiger partial charge in [0.1, 0.15) is 6.04 Å². The van der Waals surface area contributed by atoms with Crippen molar-refractivity contribution in [2.45, 2.75) is 46.1 Å². The van der Waals surface area contributed by atoms with Crippen molar-refractivity contribution in [3.8, 4) is 0 Å². The van der Waals surface area contributed by atoms with E-state index in [4.69, 9.17) is 10.8 Å². The quantitative estimate of drug-likeness (QED) is 0.732. The number of aliphatic carboxylic acids is 1. The summed E-state index contributed by atoms with van der Waals surface area (Å²) in [6.45, 7) is 6.78. The molecule has 0 aromatic heterocycles. The molecule has 3 heteroatoms. The van der Waals surface area contributed by atoms with Gasteiger partial charge in [-0.2, -0.15) is 0 Å². The minimum absolute atomic E-state index is 0.121. The first-order valence-electron chi connectivity index (χ1n) is 5.79. The van der Waals surface area contributed by atoms with Crippen molar-refractivity contribution in [3.63, 3.8) is 0 Å². The number of rotatable bonds is 2. The van der Waals surface area contributed by atoms with Crippen LogP contribution in [0.15, 0.2) is 0 Å². The van der Waals surface area contributed by atoms with E-state index in [0.717, 1.165) is 12.8 Å². The topological polar surface area (TPSA) is 63.3 Å². The number of carboxylic acids is 1. The van der Waals surface area contributed by atoms with E-state index in [2.05, 4.69) is 20.8 Å². The van der Waals surface area contributed by atoms with E-state index in [1.54, 1.807) is 0 Å². The average molecular weight is 211 g/mol. The van der Waals surface area contributed by atoms with Crippen LogP contribution in [0.3, 0.4) is 0 Å². The maximum atomic E-state index is 11.0. The Balaban J connectivity index is 2.30. The summed E-state index contributed by atoms with van der Waals surface area (Å²) in [5.41, 5.74) is 6.19. The molecule has 0 radical (unpaired) electrons. The first-order valence-corrected chi connectivity index (χ1v) is 5.79. The van der Waals surface area contributed by atoms with Crippen LogP contribution in [0, 0.1) is 22.7 Å². The highest BCUT2D eigenvalue weighted by Gasteiger charge is 2.63. The molecule has 2 aliphatic carbocycles. The SMILES string of the molecule is CC1(C)[C@H]2CC[C@@]1(C)[C@H]([C@H](N)C(=O)O)C2. The molecule has 15 heavy (non-hydrogen) atoms. The maximum Gasteiger partial charge on any atom is 0.320 e. The second kappa shape index (κ2) is 2.97. The Morgan fingerprint density at radius 2 is 2.07 bits per heavy atom. The third kappa shape index (κ3) is 1.19. The Bertz CT molecular complexity index is 300. The Labute approximate surface area is 91.0 Å². The van der Waals surface area contributed by atoms with E-state index >= 15 is 0 Å². The van der Waals surface area contributed by atoms with Crippen molar-refractivity contribution in [3.05, 3.63) is 0 Å². The van der Waals surface area contributed by atoms with Gasteiger partial charge in [-0.3, -0.25) is 4.79 Å². The van der Waals surface area contributed by atoms with Crippen LogP contribution in [0.2, 0.25) is 0 Å². The van der Waals surface area contributed by atoms with Gasteiger partial charge in [0.15, 0.2) is 0 Å². The fourth-order valence-corrected chi connectivity index (χ4v) is 3.98. The van der Waals surface area contributed by atoms with E-state index in [-0.39, 0.29) is 16.7 Å². The third-order valence-corrected chi connectivity index (χ3v) is 5.58. The van der Waals surface area contributed by atoms with Crippen molar-refractivity contribution in [1.82, 2.24) is 0 Å². The summed E-state index contributed by atoms with van der Waals surface area (Å²) in [6.07, 6.45) is 3.37. The standard InChI is InChI=1S/C12H21NO2/c1-11(2)7-4-5-12(11,3)8(6-7)9(13)10(14)15/h7-9H,4-6,13H2,1-3H3,(H,14,15)/t7-,8-,9-,12-/m0/s1. The van der Waals surface area contributed by atoms with Crippen LogP contribution >= 0.6 is 0 Å². The number of hydrogen-bond donors (Lipinski definition) is 2. The molecule has 0 aliphatic heterocycles. The van der Waals surface area contributed by atoms with Gasteiger partial charge in [-0.25, -0.2) is 0 Å². The maximum absolute atomic E-state index is 11.0. The van der Waals surface area contributed by atoms with Crippen LogP contribution in [0.25, 0.3) is 0 Å². The zero-order valence-electron chi connectivity index (χ0n) is 9.79. The van der Waals surface area contributed by atoms with Gasteiger partial charge in [-0.15, -0.1) is 0 Å². The molecule has 2 bridgehead atoms. The van der Waals surface area contributed by atoms with Gasteiger partial charge >= 0.3 is 5.97 Å². The number of fused-ring (bicyclic) bond motifs is 2. The number of carboxylic acid groups (broad SMARTS) is 1. The molecule has 0 spiro atoms. The van der Waals surface area contributed by atoms with E-state index < -0.39 is 12.0 Å². The van der Waals surface area contributed by atoms with Crippen LogP contribution in [0.5, 0.6) is 0 Å². The van der Waals surface area contributed by atoms with E-state index in [0.29, 0.717) is 5.92 Å². The predicted molar refractivity (Wildman–Crippen MR) is 58.3 cm³/mol. The molecule has 3 N–H and O–H groups in total. The predicted octanol–water partition coefficient (Wildman–Crippen LogP) is 1.86. The molecule has 0 unspecified atom stereocenters. The lowest BCUT2D eigenvalue weighted by molar-refractivity contribution is -0.141. The molecule has 2 rings (SSSR count). The van der Waals surface area contributed by atoms with Gasteiger partial charge < -0.3 is 10.8 Å². The zero-order chi connectivity index (χ0) is 11.4. The van der Waals surface area contributed by atoms with Gasteiger partial charge in [0.2, 0.25) is 0 Å². The lowest BCUT2D eigenvalue weighted by Gasteiger charge is -2.40. The molecule has 0 saturated heterocycles.